The van der Waals surface area contributed by atoms with Gasteiger partial charge in [0.25, 0.3) is 0 Å². The fourth-order valence-corrected chi connectivity index (χ4v) is 2.01. The first-order valence-electron chi connectivity index (χ1n) is 4.68. The molecule has 0 spiro atoms. The number of aliphatic hydroxyl groups excluding tert-OH is 1. The van der Waals surface area contributed by atoms with Crippen molar-refractivity contribution in [1.82, 2.24) is 5.48 Å². The molecule has 1 fully saturated rings. The zero-order chi connectivity index (χ0) is 10.7. The number of carbonyl (C=O) groups is 2. The van der Waals surface area contributed by atoms with Crippen molar-refractivity contribution in [2.24, 2.45) is 11.8 Å². The molecule has 5 heteroatoms. The van der Waals surface area contributed by atoms with Crippen LogP contribution < -0.4 is 5.48 Å². The number of aliphatic hydroxyl groups is 1. The SMILES string of the molecule is CC(=O)[C@H]1CCC(O)C[C@@H]1C(=O)NO. The van der Waals surface area contributed by atoms with Gasteiger partial charge in [-0.3, -0.25) is 14.8 Å². The van der Waals surface area contributed by atoms with Gasteiger partial charge in [-0.2, -0.15) is 0 Å². The highest BCUT2D eigenvalue weighted by Crippen LogP contribution is 2.31. The predicted octanol–water partition coefficient (Wildman–Crippen LogP) is -0.142. The van der Waals surface area contributed by atoms with Crippen LogP contribution in [0.4, 0.5) is 0 Å². The second kappa shape index (κ2) is 4.52. The summed E-state index contributed by atoms with van der Waals surface area (Å²) < 4.78 is 0. The number of rotatable bonds is 2. The summed E-state index contributed by atoms with van der Waals surface area (Å²) in [7, 11) is 0. The Morgan fingerprint density at radius 3 is 2.43 bits per heavy atom. The number of carbonyl (C=O) groups excluding carboxylic acids is 2. The molecule has 0 aromatic carbocycles. The van der Waals surface area contributed by atoms with Crippen molar-refractivity contribution < 1.29 is 19.9 Å². The summed E-state index contributed by atoms with van der Waals surface area (Å²) >= 11 is 0. The van der Waals surface area contributed by atoms with Crippen LogP contribution >= 0.6 is 0 Å². The van der Waals surface area contributed by atoms with Gasteiger partial charge in [-0.25, -0.2) is 5.48 Å². The molecule has 14 heavy (non-hydrogen) atoms. The van der Waals surface area contributed by atoms with Gasteiger partial charge in [-0.15, -0.1) is 0 Å². The Bertz CT molecular complexity index is 241. The average molecular weight is 201 g/mol. The number of hydrogen-bond donors (Lipinski definition) is 3. The lowest BCUT2D eigenvalue weighted by Gasteiger charge is -2.30. The Hall–Kier alpha value is -0.940. The molecule has 0 radical (unpaired) electrons. The number of nitrogens with one attached hydrogen (secondary N) is 1. The van der Waals surface area contributed by atoms with Crippen molar-refractivity contribution in [3.05, 3.63) is 0 Å². The van der Waals surface area contributed by atoms with Crippen LogP contribution in [0.15, 0.2) is 0 Å². The molecule has 0 heterocycles. The molecule has 1 unspecified atom stereocenters. The van der Waals surface area contributed by atoms with E-state index in [1.54, 1.807) is 0 Å². The van der Waals surface area contributed by atoms with E-state index in [1.807, 2.05) is 0 Å². The van der Waals surface area contributed by atoms with E-state index in [2.05, 4.69) is 0 Å². The molecular weight excluding hydrogens is 186 g/mol. The molecule has 1 amide bonds. The fraction of sp³-hybridized carbons (Fsp3) is 0.778. The minimum Gasteiger partial charge on any atom is -0.393 e. The Kier molecular flexibility index (Phi) is 3.60. The third-order valence-corrected chi connectivity index (χ3v) is 2.79. The van der Waals surface area contributed by atoms with Crippen LogP contribution in [0, 0.1) is 11.8 Å². The summed E-state index contributed by atoms with van der Waals surface area (Å²) in [6.07, 6.45) is 0.748. The molecule has 0 saturated heterocycles. The molecule has 0 aromatic rings. The second-order valence-corrected chi connectivity index (χ2v) is 3.77. The van der Waals surface area contributed by atoms with E-state index in [1.165, 1.54) is 12.4 Å². The Morgan fingerprint density at radius 1 is 1.29 bits per heavy atom. The molecule has 1 aliphatic carbocycles. The quantitative estimate of drug-likeness (QED) is 0.428. The molecule has 3 atom stereocenters. The normalized spacial score (nSPS) is 32.4. The summed E-state index contributed by atoms with van der Waals surface area (Å²) in [6.45, 7) is 1.43. The van der Waals surface area contributed by atoms with Crippen molar-refractivity contribution in [2.75, 3.05) is 0 Å². The Balaban J connectivity index is 2.73. The smallest absolute Gasteiger partial charge is 0.247 e. The maximum Gasteiger partial charge on any atom is 0.247 e. The molecular formula is C9H15NO4. The molecule has 0 aliphatic heterocycles. The van der Waals surface area contributed by atoms with Crippen molar-refractivity contribution >= 4 is 11.7 Å². The summed E-state index contributed by atoms with van der Waals surface area (Å²) in [5, 5.41) is 17.8. The predicted molar refractivity (Wildman–Crippen MR) is 47.4 cm³/mol. The highest BCUT2D eigenvalue weighted by atomic mass is 16.5. The molecule has 1 rings (SSSR count). The molecule has 5 nitrogen and oxygen atoms in total. The first-order valence-corrected chi connectivity index (χ1v) is 4.68. The summed E-state index contributed by atoms with van der Waals surface area (Å²) in [6, 6.07) is 0. The molecule has 3 N–H and O–H groups in total. The van der Waals surface area contributed by atoms with Gasteiger partial charge < -0.3 is 5.11 Å². The molecule has 1 saturated carbocycles. The monoisotopic (exact) mass is 201 g/mol. The van der Waals surface area contributed by atoms with Crippen LogP contribution in [0.5, 0.6) is 0 Å². The van der Waals surface area contributed by atoms with E-state index in [-0.39, 0.29) is 18.1 Å². The Morgan fingerprint density at radius 2 is 1.93 bits per heavy atom. The van der Waals surface area contributed by atoms with Gasteiger partial charge in [-0.05, 0) is 26.2 Å². The molecule has 1 aliphatic rings. The van der Waals surface area contributed by atoms with E-state index in [4.69, 9.17) is 5.21 Å². The van der Waals surface area contributed by atoms with E-state index in [0.29, 0.717) is 12.8 Å². The van der Waals surface area contributed by atoms with Gasteiger partial charge in [0.2, 0.25) is 5.91 Å². The number of amides is 1. The topological polar surface area (TPSA) is 86.6 Å². The maximum absolute atomic E-state index is 11.2. The van der Waals surface area contributed by atoms with Crippen molar-refractivity contribution in [2.45, 2.75) is 32.3 Å². The highest BCUT2D eigenvalue weighted by Gasteiger charge is 2.36. The second-order valence-electron chi connectivity index (χ2n) is 3.77. The molecule has 0 bridgehead atoms. The highest BCUT2D eigenvalue weighted by molar-refractivity contribution is 5.87. The van der Waals surface area contributed by atoms with Gasteiger partial charge in [-0.1, -0.05) is 0 Å². The number of Topliss-reactive ketones (excluding diaryl/α,β-unsaturated/α-hetero) is 1. The number of ketones is 1. The maximum atomic E-state index is 11.2. The summed E-state index contributed by atoms with van der Waals surface area (Å²) in [4.78, 5) is 22.4. The van der Waals surface area contributed by atoms with Gasteiger partial charge in [0, 0.05) is 5.92 Å². The van der Waals surface area contributed by atoms with Crippen LogP contribution in [0.3, 0.4) is 0 Å². The average Bonchev–Trinajstić information content (AvgIpc) is 2.16. The van der Waals surface area contributed by atoms with Gasteiger partial charge in [0.1, 0.15) is 5.78 Å². The van der Waals surface area contributed by atoms with E-state index in [9.17, 15) is 14.7 Å². The van der Waals surface area contributed by atoms with E-state index in [0.717, 1.165) is 0 Å². The number of hydrogen-bond acceptors (Lipinski definition) is 4. The van der Waals surface area contributed by atoms with Crippen LogP contribution in [-0.4, -0.2) is 28.1 Å². The number of hydroxylamine groups is 1. The minimum atomic E-state index is -0.596. The minimum absolute atomic E-state index is 0.0644. The largest absolute Gasteiger partial charge is 0.393 e. The van der Waals surface area contributed by atoms with Crippen molar-refractivity contribution in [3.63, 3.8) is 0 Å². The van der Waals surface area contributed by atoms with Gasteiger partial charge >= 0.3 is 0 Å². The van der Waals surface area contributed by atoms with Crippen molar-refractivity contribution in [3.8, 4) is 0 Å². The van der Waals surface area contributed by atoms with E-state index < -0.39 is 17.9 Å². The molecule has 80 valence electrons. The van der Waals surface area contributed by atoms with Gasteiger partial charge in [0.15, 0.2) is 0 Å². The van der Waals surface area contributed by atoms with Crippen molar-refractivity contribution in [1.29, 1.82) is 0 Å². The van der Waals surface area contributed by atoms with Crippen LogP contribution in [0.2, 0.25) is 0 Å². The fourth-order valence-electron chi connectivity index (χ4n) is 2.01. The summed E-state index contributed by atoms with van der Waals surface area (Å²) in [5.74, 6) is -1.61. The third-order valence-electron chi connectivity index (χ3n) is 2.79. The Labute approximate surface area is 82.1 Å². The lowest BCUT2D eigenvalue weighted by molar-refractivity contribution is -0.142. The third kappa shape index (κ3) is 2.30. The molecule has 0 aromatic heterocycles. The lowest BCUT2D eigenvalue weighted by Crippen LogP contribution is -2.41. The summed E-state index contributed by atoms with van der Waals surface area (Å²) in [5.41, 5.74) is 1.54. The standard InChI is InChI=1S/C9H15NO4/c1-5(11)7-3-2-6(12)4-8(7)9(13)10-14/h6-8,12,14H,2-4H2,1H3,(H,10,13)/t6?,7-,8+/m1/s1. The lowest BCUT2D eigenvalue weighted by atomic mass is 9.75. The zero-order valence-electron chi connectivity index (χ0n) is 8.06. The first kappa shape index (κ1) is 11.1. The van der Waals surface area contributed by atoms with Gasteiger partial charge in [0.05, 0.1) is 12.0 Å². The van der Waals surface area contributed by atoms with Crippen LogP contribution in [0.25, 0.3) is 0 Å². The van der Waals surface area contributed by atoms with Crippen LogP contribution in [0.1, 0.15) is 26.2 Å². The first-order chi connectivity index (χ1) is 6.56. The van der Waals surface area contributed by atoms with Crippen LogP contribution in [-0.2, 0) is 9.59 Å². The zero-order valence-corrected chi connectivity index (χ0v) is 8.06. The van der Waals surface area contributed by atoms with E-state index >= 15 is 0 Å².